The molecule has 0 atom stereocenters. The van der Waals surface area contributed by atoms with Crippen molar-refractivity contribution in [3.63, 3.8) is 0 Å². The minimum atomic E-state index is -1.05. The fraction of sp³-hybridized carbons (Fsp3) is 0.267. The molecule has 0 bridgehead atoms. The smallest absolute Gasteiger partial charge is 0.267 e. The van der Waals surface area contributed by atoms with Crippen molar-refractivity contribution < 1.29 is 13.6 Å². The van der Waals surface area contributed by atoms with Crippen molar-refractivity contribution in [3.8, 4) is 0 Å². The van der Waals surface area contributed by atoms with Crippen molar-refractivity contribution >= 4 is 11.6 Å². The molecule has 0 saturated heterocycles. The Bertz CT molecular complexity index is 785. The summed E-state index contributed by atoms with van der Waals surface area (Å²) < 4.78 is 27.0. The zero-order valence-electron chi connectivity index (χ0n) is 11.6. The molecule has 2 aromatic rings. The first-order valence-corrected chi connectivity index (χ1v) is 6.86. The number of carbonyl (C=O) groups is 1. The molecular formula is C15H13F2N3O2. The Morgan fingerprint density at radius 1 is 1.23 bits per heavy atom. The molecule has 1 aliphatic carbocycles. The van der Waals surface area contributed by atoms with E-state index in [2.05, 4.69) is 10.4 Å². The molecule has 0 spiro atoms. The average Bonchev–Trinajstić information content (AvgIpc) is 3.30. The number of hydrogen-bond donors (Lipinski definition) is 1. The summed E-state index contributed by atoms with van der Waals surface area (Å²) in [6.07, 6.45) is 2.07. The maximum Gasteiger partial charge on any atom is 0.267 e. The molecule has 1 aliphatic rings. The van der Waals surface area contributed by atoms with E-state index < -0.39 is 17.5 Å². The summed E-state index contributed by atoms with van der Waals surface area (Å²) in [5.74, 6) is -2.22. The van der Waals surface area contributed by atoms with Crippen LogP contribution in [0, 0.1) is 11.6 Å². The van der Waals surface area contributed by atoms with Crippen LogP contribution in [0.1, 0.15) is 24.5 Å². The minimum absolute atomic E-state index is 0.121. The highest BCUT2D eigenvalue weighted by atomic mass is 19.2. The first-order chi connectivity index (χ1) is 10.5. The highest BCUT2D eigenvalue weighted by molar-refractivity contribution is 5.90. The first kappa shape index (κ1) is 14.4. The van der Waals surface area contributed by atoms with Crippen molar-refractivity contribution in [3.05, 3.63) is 58.0 Å². The van der Waals surface area contributed by atoms with Gasteiger partial charge in [-0.25, -0.2) is 13.5 Å². The summed E-state index contributed by atoms with van der Waals surface area (Å²) in [6, 6.07) is 6.09. The number of rotatable bonds is 4. The molecule has 7 heteroatoms. The van der Waals surface area contributed by atoms with Crippen molar-refractivity contribution in [2.45, 2.75) is 25.3 Å². The van der Waals surface area contributed by atoms with Crippen LogP contribution < -0.4 is 10.9 Å². The van der Waals surface area contributed by atoms with Crippen LogP contribution in [0.4, 0.5) is 14.5 Å². The van der Waals surface area contributed by atoms with Crippen LogP contribution in [0.15, 0.2) is 35.1 Å². The summed E-state index contributed by atoms with van der Waals surface area (Å²) in [7, 11) is 0. The number of hydrogen-bond acceptors (Lipinski definition) is 3. The summed E-state index contributed by atoms with van der Waals surface area (Å²) >= 11 is 0. The number of carbonyl (C=O) groups excluding carboxylic acids is 1. The molecule has 1 amide bonds. The fourth-order valence-electron chi connectivity index (χ4n) is 2.09. The van der Waals surface area contributed by atoms with Crippen molar-refractivity contribution in [2.24, 2.45) is 0 Å². The second-order valence-electron chi connectivity index (χ2n) is 5.21. The summed E-state index contributed by atoms with van der Waals surface area (Å²) in [4.78, 5) is 23.6. The average molecular weight is 305 g/mol. The van der Waals surface area contributed by atoms with Crippen LogP contribution in [0.5, 0.6) is 0 Å². The predicted molar refractivity (Wildman–Crippen MR) is 75.5 cm³/mol. The van der Waals surface area contributed by atoms with Crippen LogP contribution in [0.25, 0.3) is 0 Å². The molecule has 1 heterocycles. The minimum Gasteiger partial charge on any atom is -0.324 e. The largest absolute Gasteiger partial charge is 0.324 e. The molecule has 0 radical (unpaired) electrons. The lowest BCUT2D eigenvalue weighted by molar-refractivity contribution is -0.117. The highest BCUT2D eigenvalue weighted by Crippen LogP contribution is 2.38. The molecule has 114 valence electrons. The quantitative estimate of drug-likeness (QED) is 0.940. The van der Waals surface area contributed by atoms with E-state index in [4.69, 9.17) is 0 Å². The molecule has 1 aromatic carbocycles. The fourth-order valence-corrected chi connectivity index (χ4v) is 2.09. The maximum atomic E-state index is 13.1. The monoisotopic (exact) mass is 305 g/mol. The van der Waals surface area contributed by atoms with Gasteiger partial charge in [-0.1, -0.05) is 0 Å². The number of halogens is 2. The van der Waals surface area contributed by atoms with E-state index in [-0.39, 0.29) is 17.8 Å². The first-order valence-electron chi connectivity index (χ1n) is 6.86. The number of amides is 1. The predicted octanol–water partition coefficient (Wildman–Crippen LogP) is 2.04. The Morgan fingerprint density at radius 2 is 2.00 bits per heavy atom. The van der Waals surface area contributed by atoms with Crippen LogP contribution in [0.2, 0.25) is 0 Å². The van der Waals surface area contributed by atoms with Crippen molar-refractivity contribution in [2.75, 3.05) is 5.32 Å². The van der Waals surface area contributed by atoms with Gasteiger partial charge in [0.1, 0.15) is 6.54 Å². The normalized spacial score (nSPS) is 13.9. The number of benzene rings is 1. The van der Waals surface area contributed by atoms with Crippen molar-refractivity contribution in [1.29, 1.82) is 0 Å². The highest BCUT2D eigenvalue weighted by Gasteiger charge is 2.25. The Morgan fingerprint density at radius 3 is 2.68 bits per heavy atom. The Hall–Kier alpha value is -2.57. The van der Waals surface area contributed by atoms with Gasteiger partial charge in [-0.05, 0) is 31.0 Å². The van der Waals surface area contributed by atoms with Crippen LogP contribution >= 0.6 is 0 Å². The third-order valence-electron chi connectivity index (χ3n) is 3.38. The van der Waals surface area contributed by atoms with Gasteiger partial charge in [-0.15, -0.1) is 0 Å². The van der Waals surface area contributed by atoms with Gasteiger partial charge in [0, 0.05) is 23.7 Å². The Balaban J connectivity index is 1.72. The molecule has 1 aromatic heterocycles. The number of nitrogens with one attached hydrogen (secondary N) is 1. The van der Waals surface area contributed by atoms with Gasteiger partial charge in [0.15, 0.2) is 11.6 Å². The summed E-state index contributed by atoms with van der Waals surface area (Å²) in [5, 5.41) is 6.56. The van der Waals surface area contributed by atoms with Crippen LogP contribution in [-0.4, -0.2) is 15.7 Å². The maximum absolute atomic E-state index is 13.1. The molecule has 0 aliphatic heterocycles. The lowest BCUT2D eigenvalue weighted by atomic mass is 10.3. The van der Waals surface area contributed by atoms with E-state index in [0.717, 1.165) is 35.4 Å². The third kappa shape index (κ3) is 3.19. The van der Waals surface area contributed by atoms with Gasteiger partial charge < -0.3 is 5.32 Å². The zero-order valence-corrected chi connectivity index (χ0v) is 11.6. The third-order valence-corrected chi connectivity index (χ3v) is 3.38. The molecule has 0 unspecified atom stereocenters. The van der Waals surface area contributed by atoms with Gasteiger partial charge in [0.05, 0.1) is 5.69 Å². The second kappa shape index (κ2) is 5.67. The second-order valence-corrected chi connectivity index (χ2v) is 5.21. The van der Waals surface area contributed by atoms with E-state index in [0.29, 0.717) is 5.92 Å². The topological polar surface area (TPSA) is 64.0 Å². The van der Waals surface area contributed by atoms with Crippen LogP contribution in [0.3, 0.4) is 0 Å². The van der Waals surface area contributed by atoms with Gasteiger partial charge in [-0.2, -0.15) is 5.10 Å². The molecule has 22 heavy (non-hydrogen) atoms. The lowest BCUT2D eigenvalue weighted by Gasteiger charge is -2.08. The summed E-state index contributed by atoms with van der Waals surface area (Å²) in [6.45, 7) is -0.279. The Kier molecular flexibility index (Phi) is 3.70. The standard InChI is InChI=1S/C15H13F2N3O2/c16-11-4-3-10(7-12(11)17)18-14(21)8-20-15(22)6-5-13(19-20)9-1-2-9/h3-7,9H,1-2,8H2,(H,18,21). The molecular weight excluding hydrogens is 292 g/mol. The van der Waals surface area contributed by atoms with E-state index in [1.165, 1.54) is 12.1 Å². The van der Waals surface area contributed by atoms with E-state index in [9.17, 15) is 18.4 Å². The van der Waals surface area contributed by atoms with E-state index >= 15 is 0 Å². The number of aromatic nitrogens is 2. The zero-order chi connectivity index (χ0) is 15.7. The lowest BCUT2D eigenvalue weighted by Crippen LogP contribution is -2.29. The van der Waals surface area contributed by atoms with E-state index in [1.807, 2.05) is 0 Å². The van der Waals surface area contributed by atoms with E-state index in [1.54, 1.807) is 6.07 Å². The van der Waals surface area contributed by atoms with Crippen LogP contribution in [-0.2, 0) is 11.3 Å². The molecule has 1 N–H and O–H groups in total. The molecule has 1 fully saturated rings. The SMILES string of the molecule is O=C(Cn1nc(C2CC2)ccc1=O)Nc1ccc(F)c(F)c1. The summed E-state index contributed by atoms with van der Waals surface area (Å²) in [5.41, 5.74) is 0.528. The van der Waals surface area contributed by atoms with Gasteiger partial charge in [0.25, 0.3) is 5.56 Å². The van der Waals surface area contributed by atoms with Crippen molar-refractivity contribution in [1.82, 2.24) is 9.78 Å². The molecule has 1 saturated carbocycles. The van der Waals surface area contributed by atoms with Gasteiger partial charge in [-0.3, -0.25) is 9.59 Å². The van der Waals surface area contributed by atoms with Gasteiger partial charge >= 0.3 is 0 Å². The number of anilines is 1. The Labute approximate surface area is 124 Å². The molecule has 3 rings (SSSR count). The number of nitrogens with zero attached hydrogens (tertiary/aromatic N) is 2. The molecule has 5 nitrogen and oxygen atoms in total. The van der Waals surface area contributed by atoms with Gasteiger partial charge in [0.2, 0.25) is 5.91 Å².